The summed E-state index contributed by atoms with van der Waals surface area (Å²) < 4.78 is 28.0. The lowest BCUT2D eigenvalue weighted by atomic mass is 10.2. The van der Waals surface area contributed by atoms with Crippen molar-refractivity contribution in [2.24, 2.45) is 0 Å². The molecule has 0 N–H and O–H groups in total. The average molecular weight is 351 g/mol. The zero-order valence-electron chi connectivity index (χ0n) is 14.4. The molecule has 0 fully saturated rings. The van der Waals surface area contributed by atoms with E-state index in [4.69, 9.17) is 0 Å². The predicted molar refractivity (Wildman–Crippen MR) is 102 cm³/mol. The Morgan fingerprint density at radius 3 is 2.08 bits per heavy atom. The van der Waals surface area contributed by atoms with Crippen molar-refractivity contribution in [2.45, 2.75) is 25.3 Å². The molecule has 0 aromatic heterocycles. The summed E-state index contributed by atoms with van der Waals surface area (Å²) in [5, 5.41) is 0. The molecule has 0 aliphatic heterocycles. The Bertz CT molecular complexity index is 949. The molecular weight excluding hydrogens is 330 g/mol. The van der Waals surface area contributed by atoms with E-state index in [1.54, 1.807) is 12.1 Å². The lowest BCUT2D eigenvalue weighted by Crippen LogP contribution is -2.30. The van der Waals surface area contributed by atoms with Crippen molar-refractivity contribution in [3.05, 3.63) is 95.6 Å². The van der Waals surface area contributed by atoms with Gasteiger partial charge in [-0.15, -0.1) is 0 Å². The van der Waals surface area contributed by atoms with Gasteiger partial charge in [0.15, 0.2) is 0 Å². The summed E-state index contributed by atoms with van der Waals surface area (Å²) in [6.45, 7) is 4.20. The molecule has 0 bridgehead atoms. The molecule has 128 valence electrons. The van der Waals surface area contributed by atoms with Gasteiger partial charge in [0.25, 0.3) is 10.0 Å². The van der Waals surface area contributed by atoms with Gasteiger partial charge in [-0.2, -0.15) is 0 Å². The van der Waals surface area contributed by atoms with Gasteiger partial charge in [-0.25, -0.2) is 8.42 Å². The monoisotopic (exact) mass is 351 g/mol. The summed E-state index contributed by atoms with van der Waals surface area (Å²) in [4.78, 5) is 0.301. The van der Waals surface area contributed by atoms with E-state index in [-0.39, 0.29) is 0 Å². The molecule has 0 saturated carbocycles. The van der Waals surface area contributed by atoms with Gasteiger partial charge in [-0.1, -0.05) is 60.2 Å². The maximum absolute atomic E-state index is 13.3. The second kappa shape index (κ2) is 7.11. The molecule has 0 radical (unpaired) electrons. The van der Waals surface area contributed by atoms with E-state index in [0.717, 1.165) is 16.7 Å². The molecule has 0 heterocycles. The van der Waals surface area contributed by atoms with Crippen LogP contribution in [0, 0.1) is 13.8 Å². The van der Waals surface area contributed by atoms with Crippen LogP contribution in [0.5, 0.6) is 0 Å². The first kappa shape index (κ1) is 17.2. The zero-order valence-corrected chi connectivity index (χ0v) is 15.2. The second-order valence-electron chi connectivity index (χ2n) is 6.15. The lowest BCUT2D eigenvalue weighted by molar-refractivity contribution is 0.590. The molecule has 0 unspecified atom stereocenters. The molecule has 3 nitrogen and oxygen atoms in total. The maximum atomic E-state index is 13.3. The Labute approximate surface area is 149 Å². The van der Waals surface area contributed by atoms with Crippen molar-refractivity contribution >= 4 is 15.7 Å². The fourth-order valence-corrected chi connectivity index (χ4v) is 4.13. The fraction of sp³-hybridized carbons (Fsp3) is 0.143. The van der Waals surface area contributed by atoms with Gasteiger partial charge in [0.1, 0.15) is 0 Å². The van der Waals surface area contributed by atoms with Crippen LogP contribution in [0.3, 0.4) is 0 Å². The summed E-state index contributed by atoms with van der Waals surface area (Å²) in [5.41, 5.74) is 3.67. The standard InChI is InChI=1S/C21H21NO2S/c1-17-11-13-21(14-12-17)25(23,24)22(16-19-8-4-3-5-9-19)20-10-6-7-18(2)15-20/h3-15H,16H2,1-2H3. The van der Waals surface area contributed by atoms with Crippen molar-refractivity contribution in [1.82, 2.24) is 0 Å². The number of hydrogen-bond acceptors (Lipinski definition) is 2. The van der Waals surface area contributed by atoms with Crippen LogP contribution in [0.1, 0.15) is 16.7 Å². The zero-order chi connectivity index (χ0) is 17.9. The Hall–Kier alpha value is -2.59. The van der Waals surface area contributed by atoms with Gasteiger partial charge in [-0.3, -0.25) is 4.31 Å². The van der Waals surface area contributed by atoms with E-state index in [2.05, 4.69) is 0 Å². The van der Waals surface area contributed by atoms with Crippen LogP contribution in [0.4, 0.5) is 5.69 Å². The molecule has 3 rings (SSSR count). The molecule has 4 heteroatoms. The SMILES string of the molecule is Cc1ccc(S(=O)(=O)N(Cc2ccccc2)c2cccc(C)c2)cc1. The minimum atomic E-state index is -3.65. The third kappa shape index (κ3) is 3.91. The Morgan fingerprint density at radius 1 is 0.760 bits per heavy atom. The van der Waals surface area contributed by atoms with E-state index in [9.17, 15) is 8.42 Å². The van der Waals surface area contributed by atoms with Crippen LogP contribution in [0.25, 0.3) is 0 Å². The molecule has 0 spiro atoms. The third-order valence-electron chi connectivity index (χ3n) is 4.07. The Balaban J connectivity index is 2.08. The van der Waals surface area contributed by atoms with E-state index in [0.29, 0.717) is 17.1 Å². The molecule has 0 aliphatic rings. The van der Waals surface area contributed by atoms with E-state index in [1.807, 2.05) is 80.6 Å². The number of sulfonamides is 1. The first-order chi connectivity index (χ1) is 12.0. The smallest absolute Gasteiger partial charge is 0.262 e. The molecule has 0 saturated heterocycles. The predicted octanol–water partition coefficient (Wildman–Crippen LogP) is 4.70. The van der Waals surface area contributed by atoms with E-state index >= 15 is 0 Å². The van der Waals surface area contributed by atoms with Gasteiger partial charge in [0.2, 0.25) is 0 Å². The average Bonchev–Trinajstić information content (AvgIpc) is 2.61. The maximum Gasteiger partial charge on any atom is 0.264 e. The van der Waals surface area contributed by atoms with Crippen LogP contribution < -0.4 is 4.31 Å². The van der Waals surface area contributed by atoms with E-state index < -0.39 is 10.0 Å². The van der Waals surface area contributed by atoms with Crippen molar-refractivity contribution < 1.29 is 8.42 Å². The molecule has 25 heavy (non-hydrogen) atoms. The molecule has 3 aromatic carbocycles. The first-order valence-corrected chi connectivity index (χ1v) is 9.61. The van der Waals surface area contributed by atoms with Crippen molar-refractivity contribution in [3.63, 3.8) is 0 Å². The number of hydrogen-bond donors (Lipinski definition) is 0. The minimum Gasteiger partial charge on any atom is -0.262 e. The molecule has 3 aromatic rings. The van der Waals surface area contributed by atoms with Crippen LogP contribution in [-0.2, 0) is 16.6 Å². The Morgan fingerprint density at radius 2 is 1.44 bits per heavy atom. The fourth-order valence-electron chi connectivity index (χ4n) is 2.68. The largest absolute Gasteiger partial charge is 0.264 e. The summed E-state index contributed by atoms with van der Waals surface area (Å²) in [5.74, 6) is 0. The van der Waals surface area contributed by atoms with Crippen LogP contribution in [0.15, 0.2) is 83.8 Å². The van der Waals surface area contributed by atoms with E-state index in [1.165, 1.54) is 4.31 Å². The first-order valence-electron chi connectivity index (χ1n) is 8.17. The van der Waals surface area contributed by atoms with Gasteiger partial charge < -0.3 is 0 Å². The van der Waals surface area contributed by atoms with Gasteiger partial charge in [0, 0.05) is 0 Å². The summed E-state index contributed by atoms with van der Waals surface area (Å²) in [6.07, 6.45) is 0. The van der Waals surface area contributed by atoms with Gasteiger partial charge in [-0.05, 0) is 49.2 Å². The number of anilines is 1. The number of nitrogens with zero attached hydrogens (tertiary/aromatic N) is 1. The molecule has 0 amide bonds. The highest BCUT2D eigenvalue weighted by Gasteiger charge is 2.25. The van der Waals surface area contributed by atoms with Crippen LogP contribution in [0.2, 0.25) is 0 Å². The van der Waals surface area contributed by atoms with Crippen molar-refractivity contribution in [3.8, 4) is 0 Å². The molecular formula is C21H21NO2S. The highest BCUT2D eigenvalue weighted by Crippen LogP contribution is 2.26. The quantitative estimate of drug-likeness (QED) is 0.668. The number of aryl methyl sites for hydroxylation is 2. The van der Waals surface area contributed by atoms with Crippen LogP contribution in [-0.4, -0.2) is 8.42 Å². The van der Waals surface area contributed by atoms with Crippen molar-refractivity contribution in [1.29, 1.82) is 0 Å². The Kier molecular flexibility index (Phi) is 4.91. The topological polar surface area (TPSA) is 37.4 Å². The van der Waals surface area contributed by atoms with Gasteiger partial charge >= 0.3 is 0 Å². The summed E-state index contributed by atoms with van der Waals surface area (Å²) in [7, 11) is -3.65. The minimum absolute atomic E-state index is 0.292. The third-order valence-corrected chi connectivity index (χ3v) is 5.86. The van der Waals surface area contributed by atoms with Gasteiger partial charge in [0.05, 0.1) is 17.1 Å². The highest BCUT2D eigenvalue weighted by molar-refractivity contribution is 7.92. The number of rotatable bonds is 5. The highest BCUT2D eigenvalue weighted by atomic mass is 32.2. The normalized spacial score (nSPS) is 11.3. The van der Waals surface area contributed by atoms with Crippen molar-refractivity contribution in [2.75, 3.05) is 4.31 Å². The summed E-state index contributed by atoms with van der Waals surface area (Å²) in [6, 6.07) is 24.2. The molecule has 0 atom stereocenters. The lowest BCUT2D eigenvalue weighted by Gasteiger charge is -2.25. The second-order valence-corrected chi connectivity index (χ2v) is 8.01. The van der Waals surface area contributed by atoms with Crippen LogP contribution >= 0.6 is 0 Å². The molecule has 0 aliphatic carbocycles. The number of benzene rings is 3. The summed E-state index contributed by atoms with van der Waals surface area (Å²) >= 11 is 0.